The summed E-state index contributed by atoms with van der Waals surface area (Å²) in [6.07, 6.45) is 1.73. The van der Waals surface area contributed by atoms with E-state index < -0.39 is 0 Å². The van der Waals surface area contributed by atoms with Crippen molar-refractivity contribution in [2.75, 3.05) is 19.0 Å². The zero-order valence-electron chi connectivity index (χ0n) is 15.5. The van der Waals surface area contributed by atoms with Crippen LogP contribution in [0.15, 0.2) is 47.5 Å². The normalized spacial score (nSPS) is 15.8. The smallest absolute Gasteiger partial charge is 0.212 e. The molecule has 0 fully saturated rings. The first kappa shape index (κ1) is 17.2. The zero-order chi connectivity index (χ0) is 18.8. The summed E-state index contributed by atoms with van der Waals surface area (Å²) in [7, 11) is 1.64. The van der Waals surface area contributed by atoms with Gasteiger partial charge in [-0.3, -0.25) is 9.88 Å². The number of fused-ring (bicyclic) bond motifs is 3. The van der Waals surface area contributed by atoms with E-state index in [1.54, 1.807) is 7.11 Å². The number of unbranched alkanes of at least 4 members (excludes halogenated alkanes) is 1. The molecule has 2 aromatic carbocycles. The van der Waals surface area contributed by atoms with Gasteiger partial charge in [0.05, 0.1) is 24.8 Å². The molecule has 0 radical (unpaired) electrons. The number of hydrogen-bond donors (Lipinski definition) is 2. The Balaban J connectivity index is 1.78. The van der Waals surface area contributed by atoms with Crippen LogP contribution in [0.25, 0.3) is 11.0 Å². The lowest BCUT2D eigenvalue weighted by molar-refractivity contribution is 0.287. The first-order valence-electron chi connectivity index (χ1n) is 9.09. The monoisotopic (exact) mass is 365 g/mol. The number of hydrogen-bond acceptors (Lipinski definition) is 6. The second kappa shape index (κ2) is 7.19. The van der Waals surface area contributed by atoms with E-state index >= 15 is 0 Å². The minimum atomic E-state index is -0.326. The van der Waals surface area contributed by atoms with Crippen LogP contribution in [0.3, 0.4) is 0 Å². The maximum Gasteiger partial charge on any atom is 0.212 e. The fourth-order valence-electron chi connectivity index (χ4n) is 3.23. The van der Waals surface area contributed by atoms with Crippen LogP contribution in [0.1, 0.15) is 31.5 Å². The number of nitrogens with one attached hydrogen (secondary N) is 1. The molecule has 140 valence electrons. The van der Waals surface area contributed by atoms with Gasteiger partial charge in [-0.05, 0) is 30.7 Å². The van der Waals surface area contributed by atoms with Crippen molar-refractivity contribution in [3.8, 4) is 11.5 Å². The number of aliphatic imine (C=N–C) groups is 1. The lowest BCUT2D eigenvalue weighted by Gasteiger charge is -2.24. The van der Waals surface area contributed by atoms with Crippen LogP contribution in [0.2, 0.25) is 0 Å². The Bertz CT molecular complexity index is 995. The number of guanidine groups is 1. The largest absolute Gasteiger partial charge is 0.493 e. The number of nitrogens with zero attached hydrogens (tertiary/aromatic N) is 3. The first-order chi connectivity index (χ1) is 13.2. The van der Waals surface area contributed by atoms with Crippen molar-refractivity contribution in [2.45, 2.75) is 25.9 Å². The highest BCUT2D eigenvalue weighted by Gasteiger charge is 2.25. The molecule has 1 atom stereocenters. The second-order valence-corrected chi connectivity index (χ2v) is 6.42. The summed E-state index contributed by atoms with van der Waals surface area (Å²) in [5, 5.41) is 3.05. The Kier molecular flexibility index (Phi) is 4.58. The van der Waals surface area contributed by atoms with Crippen LogP contribution >= 0.6 is 0 Å². The molecule has 3 N–H and O–H groups in total. The lowest BCUT2D eigenvalue weighted by atomic mass is 10.1. The van der Waals surface area contributed by atoms with Crippen molar-refractivity contribution in [1.29, 1.82) is 0 Å². The number of aromatic nitrogens is 2. The number of rotatable bonds is 6. The van der Waals surface area contributed by atoms with Gasteiger partial charge in [0.15, 0.2) is 23.6 Å². The number of nitrogens with two attached hydrogens (primary N) is 1. The van der Waals surface area contributed by atoms with Crippen LogP contribution in [-0.4, -0.2) is 29.2 Å². The Morgan fingerprint density at radius 2 is 2.04 bits per heavy atom. The maximum atomic E-state index is 6.02. The molecular formula is C20H23N5O2. The molecule has 4 rings (SSSR count). The van der Waals surface area contributed by atoms with E-state index in [1.807, 2.05) is 47.0 Å². The highest BCUT2D eigenvalue weighted by Crippen LogP contribution is 2.36. The van der Waals surface area contributed by atoms with E-state index in [4.69, 9.17) is 15.2 Å². The predicted octanol–water partition coefficient (Wildman–Crippen LogP) is 3.51. The second-order valence-electron chi connectivity index (χ2n) is 6.42. The molecule has 27 heavy (non-hydrogen) atoms. The Hall–Kier alpha value is -3.22. The minimum Gasteiger partial charge on any atom is -0.493 e. The van der Waals surface area contributed by atoms with Gasteiger partial charge in [0.1, 0.15) is 0 Å². The van der Waals surface area contributed by atoms with Crippen molar-refractivity contribution in [3.63, 3.8) is 0 Å². The molecule has 3 aromatic rings. The van der Waals surface area contributed by atoms with Crippen LogP contribution in [0.5, 0.6) is 11.5 Å². The van der Waals surface area contributed by atoms with Crippen LogP contribution in [0.4, 0.5) is 5.95 Å². The highest BCUT2D eigenvalue weighted by molar-refractivity contribution is 5.94. The molecule has 2 heterocycles. The van der Waals surface area contributed by atoms with Crippen LogP contribution < -0.4 is 20.5 Å². The summed E-state index contributed by atoms with van der Waals surface area (Å²) < 4.78 is 13.4. The number of methoxy groups -OCH3 is 1. The molecule has 7 heteroatoms. The quantitative estimate of drug-likeness (QED) is 0.653. The molecule has 0 spiro atoms. The molecule has 0 saturated carbocycles. The van der Waals surface area contributed by atoms with Crippen molar-refractivity contribution in [3.05, 3.63) is 48.0 Å². The van der Waals surface area contributed by atoms with Crippen molar-refractivity contribution in [1.82, 2.24) is 9.55 Å². The zero-order valence-corrected chi connectivity index (χ0v) is 15.5. The average Bonchev–Trinajstić information content (AvgIpc) is 3.05. The summed E-state index contributed by atoms with van der Waals surface area (Å²) >= 11 is 0. The van der Waals surface area contributed by atoms with E-state index in [-0.39, 0.29) is 6.17 Å². The number of benzene rings is 2. The standard InChI is InChI=1S/C20H23N5O2/c1-3-4-11-27-17-12-13(9-10-16(17)26-2)18-23-19(21)24-20-22-14-7-5-6-8-15(14)25(18)20/h5-10,12,18H,3-4,11H2,1-2H3,(H3,21,22,23,24)/t18-/m0/s1. The number of anilines is 1. The fraction of sp³-hybridized carbons (Fsp3) is 0.300. The minimum absolute atomic E-state index is 0.326. The molecule has 1 aliphatic rings. The highest BCUT2D eigenvalue weighted by atomic mass is 16.5. The summed E-state index contributed by atoms with van der Waals surface area (Å²) in [4.78, 5) is 9.25. The summed E-state index contributed by atoms with van der Waals surface area (Å²) in [5.74, 6) is 2.43. The van der Waals surface area contributed by atoms with Crippen molar-refractivity contribution >= 4 is 22.9 Å². The SMILES string of the molecule is CCCCOc1cc([C@H]2N=C(N)Nc3nc4ccccc4n32)ccc1OC. The van der Waals surface area contributed by atoms with Gasteiger partial charge in [-0.1, -0.05) is 31.5 Å². The molecule has 1 aromatic heterocycles. The lowest BCUT2D eigenvalue weighted by Crippen LogP contribution is -2.31. The maximum absolute atomic E-state index is 6.02. The molecule has 0 bridgehead atoms. The predicted molar refractivity (Wildman–Crippen MR) is 107 cm³/mol. The van der Waals surface area contributed by atoms with E-state index in [0.717, 1.165) is 29.4 Å². The van der Waals surface area contributed by atoms with Gasteiger partial charge in [-0.2, -0.15) is 0 Å². The van der Waals surface area contributed by atoms with Gasteiger partial charge in [0, 0.05) is 5.56 Å². The third-order valence-electron chi connectivity index (χ3n) is 4.58. The van der Waals surface area contributed by atoms with E-state index in [0.29, 0.717) is 30.0 Å². The molecule has 1 aliphatic heterocycles. The van der Waals surface area contributed by atoms with Gasteiger partial charge < -0.3 is 15.2 Å². The molecular weight excluding hydrogens is 342 g/mol. The summed E-state index contributed by atoms with van der Waals surface area (Å²) in [5.41, 5.74) is 8.86. The van der Waals surface area contributed by atoms with Gasteiger partial charge in [0.25, 0.3) is 0 Å². The molecule has 7 nitrogen and oxygen atoms in total. The van der Waals surface area contributed by atoms with E-state index in [1.165, 1.54) is 0 Å². The molecule has 0 amide bonds. The Morgan fingerprint density at radius 3 is 2.85 bits per heavy atom. The van der Waals surface area contributed by atoms with Crippen molar-refractivity contribution in [2.24, 2.45) is 10.7 Å². The fourth-order valence-corrected chi connectivity index (χ4v) is 3.23. The summed E-state index contributed by atoms with van der Waals surface area (Å²) in [6.45, 7) is 2.78. The first-order valence-corrected chi connectivity index (χ1v) is 9.09. The topological polar surface area (TPSA) is 86.7 Å². The van der Waals surface area contributed by atoms with E-state index in [2.05, 4.69) is 22.2 Å². The number of para-hydroxylation sites is 2. The third-order valence-corrected chi connectivity index (χ3v) is 4.58. The van der Waals surface area contributed by atoms with Gasteiger partial charge in [0.2, 0.25) is 5.95 Å². The summed E-state index contributed by atoms with van der Waals surface area (Å²) in [6, 6.07) is 13.8. The molecule has 0 unspecified atom stereocenters. The number of ether oxygens (including phenoxy) is 2. The van der Waals surface area contributed by atoms with Gasteiger partial charge in [-0.25, -0.2) is 9.98 Å². The number of imidazole rings is 1. The van der Waals surface area contributed by atoms with Crippen LogP contribution in [-0.2, 0) is 0 Å². The van der Waals surface area contributed by atoms with Gasteiger partial charge >= 0.3 is 0 Å². The Labute approximate surface area is 157 Å². The van der Waals surface area contributed by atoms with E-state index in [9.17, 15) is 0 Å². The van der Waals surface area contributed by atoms with Crippen LogP contribution in [0, 0.1) is 0 Å². The average molecular weight is 365 g/mol. The Morgan fingerprint density at radius 1 is 1.19 bits per heavy atom. The van der Waals surface area contributed by atoms with Gasteiger partial charge in [-0.15, -0.1) is 0 Å². The molecule has 0 aliphatic carbocycles. The molecule has 0 saturated heterocycles. The third kappa shape index (κ3) is 3.16. The van der Waals surface area contributed by atoms with Crippen molar-refractivity contribution < 1.29 is 9.47 Å².